The largest absolute Gasteiger partial charge is 0.351 e. The van der Waals surface area contributed by atoms with Gasteiger partial charge in [0.15, 0.2) is 0 Å². The van der Waals surface area contributed by atoms with Crippen LogP contribution in [0.15, 0.2) is 54.9 Å². The van der Waals surface area contributed by atoms with Crippen LogP contribution in [0.25, 0.3) is 0 Å². The molecule has 0 bridgehead atoms. The molecule has 1 heterocycles. The summed E-state index contributed by atoms with van der Waals surface area (Å²) in [6, 6.07) is 12.5. The minimum atomic E-state index is -0.654. The Hall–Kier alpha value is -2.73. The zero-order valence-corrected chi connectivity index (χ0v) is 15.3. The van der Waals surface area contributed by atoms with Crippen molar-refractivity contribution in [2.75, 3.05) is 6.54 Å². The first-order valence-electron chi connectivity index (χ1n) is 9.42. The minimum Gasteiger partial charge on any atom is -0.351 e. The Balaban J connectivity index is 1.72. The van der Waals surface area contributed by atoms with E-state index in [4.69, 9.17) is 5.73 Å². The molecule has 3 unspecified atom stereocenters. The number of carbonyl (C=O) groups excluding carboxylic acids is 2. The lowest BCUT2D eigenvalue weighted by Gasteiger charge is -2.24. The van der Waals surface area contributed by atoms with E-state index in [1.807, 2.05) is 30.3 Å². The summed E-state index contributed by atoms with van der Waals surface area (Å²) in [7, 11) is 0. The van der Waals surface area contributed by atoms with Gasteiger partial charge in [0, 0.05) is 24.9 Å². The first-order chi connectivity index (χ1) is 13.2. The molecule has 0 spiro atoms. The van der Waals surface area contributed by atoms with Crippen LogP contribution in [0.5, 0.6) is 0 Å². The number of nitrogens with zero attached hydrogens (tertiary/aromatic N) is 1. The first kappa shape index (κ1) is 19.0. The Morgan fingerprint density at radius 2 is 1.96 bits per heavy atom. The van der Waals surface area contributed by atoms with Crippen molar-refractivity contribution in [1.29, 1.82) is 0 Å². The molecule has 142 valence electrons. The van der Waals surface area contributed by atoms with Gasteiger partial charge < -0.3 is 16.4 Å². The van der Waals surface area contributed by atoms with Gasteiger partial charge in [-0.05, 0) is 43.0 Å². The van der Waals surface area contributed by atoms with Gasteiger partial charge in [0.2, 0.25) is 5.91 Å². The number of nitrogens with two attached hydrogens (primary N) is 1. The van der Waals surface area contributed by atoms with Gasteiger partial charge in [0.25, 0.3) is 5.91 Å². The van der Waals surface area contributed by atoms with Gasteiger partial charge in [-0.2, -0.15) is 0 Å². The monoisotopic (exact) mass is 366 g/mol. The molecule has 0 aliphatic heterocycles. The number of nitrogens with one attached hydrogen (secondary N) is 2. The molecule has 1 aliphatic carbocycles. The first-order valence-corrected chi connectivity index (χ1v) is 9.42. The lowest BCUT2D eigenvalue weighted by molar-refractivity contribution is -0.123. The van der Waals surface area contributed by atoms with Gasteiger partial charge in [0.05, 0.1) is 5.56 Å². The number of hydrogen-bond donors (Lipinski definition) is 3. The number of carbonyl (C=O) groups is 2. The smallest absolute Gasteiger partial charge is 0.253 e. The third-order valence-corrected chi connectivity index (χ3v) is 5.12. The van der Waals surface area contributed by atoms with Crippen molar-refractivity contribution in [3.8, 4) is 0 Å². The summed E-state index contributed by atoms with van der Waals surface area (Å²) in [5.41, 5.74) is 7.25. The average Bonchev–Trinajstić information content (AvgIpc) is 3.16. The number of aromatic nitrogens is 1. The van der Waals surface area contributed by atoms with Crippen LogP contribution < -0.4 is 16.4 Å². The average molecular weight is 366 g/mol. The minimum absolute atomic E-state index is 0.0797. The molecular weight excluding hydrogens is 340 g/mol. The highest BCUT2D eigenvalue weighted by Crippen LogP contribution is 2.24. The predicted molar refractivity (Wildman–Crippen MR) is 104 cm³/mol. The summed E-state index contributed by atoms with van der Waals surface area (Å²) < 4.78 is 0. The quantitative estimate of drug-likeness (QED) is 0.694. The van der Waals surface area contributed by atoms with E-state index in [0.717, 1.165) is 24.8 Å². The molecule has 0 radical (unpaired) electrons. The molecule has 4 N–H and O–H groups in total. The number of amides is 2. The molecule has 2 aromatic rings. The Morgan fingerprint density at radius 1 is 1.15 bits per heavy atom. The number of rotatable bonds is 7. The number of benzene rings is 1. The third kappa shape index (κ3) is 5.14. The van der Waals surface area contributed by atoms with Crippen molar-refractivity contribution in [2.45, 2.75) is 37.8 Å². The van der Waals surface area contributed by atoms with Crippen molar-refractivity contribution in [2.24, 2.45) is 11.7 Å². The van der Waals surface area contributed by atoms with Crippen LogP contribution in [0.2, 0.25) is 0 Å². The van der Waals surface area contributed by atoms with E-state index < -0.39 is 6.04 Å². The second-order valence-corrected chi connectivity index (χ2v) is 7.00. The highest BCUT2D eigenvalue weighted by molar-refractivity contribution is 5.97. The Bertz CT molecular complexity index is 751. The Morgan fingerprint density at radius 3 is 2.67 bits per heavy atom. The SMILES string of the molecule is NCC1CCCC1NC(=O)C(Cc1ccccc1)NC(=O)c1cccnc1. The van der Waals surface area contributed by atoms with Crippen LogP contribution in [-0.2, 0) is 11.2 Å². The maximum absolute atomic E-state index is 12.9. The summed E-state index contributed by atoms with van der Waals surface area (Å²) in [6.07, 6.45) is 6.57. The standard InChI is InChI=1S/C21H26N4O2/c22-13-16-8-4-10-18(16)24-21(27)19(12-15-6-2-1-3-7-15)25-20(26)17-9-5-11-23-14-17/h1-3,5-7,9,11,14,16,18-19H,4,8,10,12-13,22H2,(H,24,27)(H,25,26). The number of hydrogen-bond acceptors (Lipinski definition) is 4. The predicted octanol–water partition coefficient (Wildman–Crippen LogP) is 1.67. The molecule has 6 heteroatoms. The maximum Gasteiger partial charge on any atom is 0.253 e. The van der Waals surface area contributed by atoms with Crippen molar-refractivity contribution in [1.82, 2.24) is 15.6 Å². The van der Waals surface area contributed by atoms with E-state index in [1.165, 1.54) is 6.20 Å². The molecule has 0 saturated heterocycles. The van der Waals surface area contributed by atoms with Crippen molar-refractivity contribution < 1.29 is 9.59 Å². The lowest BCUT2D eigenvalue weighted by atomic mass is 10.0. The van der Waals surface area contributed by atoms with Crippen LogP contribution in [0.4, 0.5) is 0 Å². The Labute approximate surface area is 159 Å². The summed E-state index contributed by atoms with van der Waals surface area (Å²) in [5, 5.41) is 5.97. The summed E-state index contributed by atoms with van der Waals surface area (Å²) in [5.74, 6) is -0.164. The van der Waals surface area contributed by atoms with Gasteiger partial charge >= 0.3 is 0 Å². The topological polar surface area (TPSA) is 97.1 Å². The number of pyridine rings is 1. The van der Waals surface area contributed by atoms with Crippen LogP contribution >= 0.6 is 0 Å². The van der Waals surface area contributed by atoms with Crippen LogP contribution in [-0.4, -0.2) is 35.4 Å². The van der Waals surface area contributed by atoms with E-state index in [2.05, 4.69) is 15.6 Å². The van der Waals surface area contributed by atoms with Crippen LogP contribution in [0, 0.1) is 5.92 Å². The van der Waals surface area contributed by atoms with E-state index in [0.29, 0.717) is 24.4 Å². The third-order valence-electron chi connectivity index (χ3n) is 5.12. The molecule has 1 saturated carbocycles. The lowest BCUT2D eigenvalue weighted by Crippen LogP contribution is -2.52. The second kappa shape index (κ2) is 9.28. The van der Waals surface area contributed by atoms with E-state index in [9.17, 15) is 9.59 Å². The molecule has 1 aliphatic rings. The zero-order chi connectivity index (χ0) is 19.1. The maximum atomic E-state index is 12.9. The fourth-order valence-corrected chi connectivity index (χ4v) is 3.59. The van der Waals surface area contributed by atoms with Crippen LogP contribution in [0.1, 0.15) is 35.2 Å². The van der Waals surface area contributed by atoms with Crippen molar-refractivity contribution >= 4 is 11.8 Å². The summed E-state index contributed by atoms with van der Waals surface area (Å²) in [4.78, 5) is 29.5. The van der Waals surface area contributed by atoms with E-state index in [1.54, 1.807) is 18.3 Å². The van der Waals surface area contributed by atoms with Gasteiger partial charge in [-0.3, -0.25) is 14.6 Å². The zero-order valence-electron chi connectivity index (χ0n) is 15.3. The molecule has 1 aromatic heterocycles. The molecule has 3 rings (SSSR count). The van der Waals surface area contributed by atoms with E-state index >= 15 is 0 Å². The molecule has 27 heavy (non-hydrogen) atoms. The molecule has 3 atom stereocenters. The van der Waals surface area contributed by atoms with Gasteiger partial charge in [-0.1, -0.05) is 36.8 Å². The highest BCUT2D eigenvalue weighted by Gasteiger charge is 2.30. The second-order valence-electron chi connectivity index (χ2n) is 7.00. The molecule has 6 nitrogen and oxygen atoms in total. The molecule has 2 amide bonds. The van der Waals surface area contributed by atoms with Crippen molar-refractivity contribution in [3.05, 3.63) is 66.0 Å². The fourth-order valence-electron chi connectivity index (χ4n) is 3.59. The highest BCUT2D eigenvalue weighted by atomic mass is 16.2. The molecule has 1 fully saturated rings. The summed E-state index contributed by atoms with van der Waals surface area (Å²) in [6.45, 7) is 0.566. The van der Waals surface area contributed by atoms with Crippen molar-refractivity contribution in [3.63, 3.8) is 0 Å². The summed E-state index contributed by atoms with van der Waals surface area (Å²) >= 11 is 0. The van der Waals surface area contributed by atoms with Gasteiger partial charge in [-0.15, -0.1) is 0 Å². The Kier molecular flexibility index (Phi) is 6.54. The van der Waals surface area contributed by atoms with E-state index in [-0.39, 0.29) is 17.9 Å². The molecular formula is C21H26N4O2. The van der Waals surface area contributed by atoms with Crippen LogP contribution in [0.3, 0.4) is 0 Å². The normalized spacial score (nSPS) is 20.0. The van der Waals surface area contributed by atoms with Gasteiger partial charge in [-0.25, -0.2) is 0 Å². The van der Waals surface area contributed by atoms with Gasteiger partial charge in [0.1, 0.15) is 6.04 Å². The fraction of sp³-hybridized carbons (Fsp3) is 0.381. The molecule has 1 aromatic carbocycles.